The Morgan fingerprint density at radius 3 is 2.24 bits per heavy atom. The standard InChI is InChI=1S/C21H16F3N3O2/c1-13-4-2-3-5-17(13)27-19(28)14-10-11-25-18(12-14)20(29)26-16-8-6-15(7-9-16)21(22,23)24/h2-12H,1H3,(H,26,29)(H,27,28). The molecule has 29 heavy (non-hydrogen) atoms. The van der Waals surface area contributed by atoms with Gasteiger partial charge in [0.2, 0.25) is 0 Å². The molecule has 148 valence electrons. The Balaban J connectivity index is 1.72. The quantitative estimate of drug-likeness (QED) is 0.655. The van der Waals surface area contributed by atoms with E-state index < -0.39 is 23.6 Å². The molecule has 0 fully saturated rings. The highest BCUT2D eigenvalue weighted by atomic mass is 19.4. The number of halogens is 3. The fourth-order valence-electron chi connectivity index (χ4n) is 2.54. The van der Waals surface area contributed by atoms with E-state index in [0.29, 0.717) is 5.69 Å². The van der Waals surface area contributed by atoms with E-state index in [2.05, 4.69) is 15.6 Å². The normalized spacial score (nSPS) is 11.0. The second-order valence-corrected chi connectivity index (χ2v) is 6.23. The Kier molecular flexibility index (Phi) is 5.63. The van der Waals surface area contributed by atoms with Crippen molar-refractivity contribution in [3.8, 4) is 0 Å². The summed E-state index contributed by atoms with van der Waals surface area (Å²) < 4.78 is 37.8. The highest BCUT2D eigenvalue weighted by molar-refractivity contribution is 6.08. The number of aryl methyl sites for hydroxylation is 1. The van der Waals surface area contributed by atoms with E-state index in [9.17, 15) is 22.8 Å². The van der Waals surface area contributed by atoms with Crippen molar-refractivity contribution in [1.82, 2.24) is 4.98 Å². The summed E-state index contributed by atoms with van der Waals surface area (Å²) in [6.45, 7) is 1.85. The van der Waals surface area contributed by atoms with Crippen LogP contribution < -0.4 is 10.6 Å². The van der Waals surface area contributed by atoms with Gasteiger partial charge in [-0.05, 0) is 55.0 Å². The summed E-state index contributed by atoms with van der Waals surface area (Å²) >= 11 is 0. The number of para-hydroxylation sites is 1. The Morgan fingerprint density at radius 1 is 0.897 bits per heavy atom. The minimum atomic E-state index is -4.46. The fraction of sp³-hybridized carbons (Fsp3) is 0.0952. The van der Waals surface area contributed by atoms with Crippen molar-refractivity contribution < 1.29 is 22.8 Å². The highest BCUT2D eigenvalue weighted by Gasteiger charge is 2.30. The second-order valence-electron chi connectivity index (χ2n) is 6.23. The van der Waals surface area contributed by atoms with Crippen LogP contribution in [0.5, 0.6) is 0 Å². The summed E-state index contributed by atoms with van der Waals surface area (Å²) in [5.74, 6) is -1.06. The van der Waals surface area contributed by atoms with Crippen molar-refractivity contribution in [2.45, 2.75) is 13.1 Å². The number of carbonyl (C=O) groups is 2. The van der Waals surface area contributed by atoms with E-state index in [1.807, 2.05) is 19.1 Å². The Morgan fingerprint density at radius 2 is 1.59 bits per heavy atom. The van der Waals surface area contributed by atoms with Gasteiger partial charge in [0.15, 0.2) is 0 Å². The summed E-state index contributed by atoms with van der Waals surface area (Å²) in [6, 6.07) is 14.1. The van der Waals surface area contributed by atoms with Gasteiger partial charge in [-0.2, -0.15) is 13.2 Å². The van der Waals surface area contributed by atoms with Gasteiger partial charge in [-0.1, -0.05) is 18.2 Å². The summed E-state index contributed by atoms with van der Waals surface area (Å²) in [5, 5.41) is 5.22. The number of hydrogen-bond acceptors (Lipinski definition) is 3. The van der Waals surface area contributed by atoms with Gasteiger partial charge < -0.3 is 10.6 Å². The number of hydrogen-bond donors (Lipinski definition) is 2. The predicted octanol–water partition coefficient (Wildman–Crippen LogP) is 4.91. The maximum absolute atomic E-state index is 12.6. The maximum Gasteiger partial charge on any atom is 0.416 e. The molecule has 8 heteroatoms. The van der Waals surface area contributed by atoms with Crippen LogP contribution in [-0.4, -0.2) is 16.8 Å². The van der Waals surface area contributed by atoms with E-state index in [1.165, 1.54) is 18.3 Å². The number of alkyl halides is 3. The molecular weight excluding hydrogens is 383 g/mol. The molecule has 0 aliphatic carbocycles. The first-order valence-electron chi connectivity index (χ1n) is 8.56. The highest BCUT2D eigenvalue weighted by Crippen LogP contribution is 2.29. The SMILES string of the molecule is Cc1ccccc1NC(=O)c1ccnc(C(=O)Nc2ccc(C(F)(F)F)cc2)c1. The van der Waals surface area contributed by atoms with Gasteiger partial charge in [0.25, 0.3) is 11.8 Å². The third-order valence-corrected chi connectivity index (χ3v) is 4.12. The predicted molar refractivity (Wildman–Crippen MR) is 103 cm³/mol. The van der Waals surface area contributed by atoms with Crippen LogP contribution in [0.1, 0.15) is 32.0 Å². The van der Waals surface area contributed by atoms with Crippen LogP contribution in [0.4, 0.5) is 24.5 Å². The number of pyridine rings is 1. The Bertz CT molecular complexity index is 1050. The molecule has 2 aromatic carbocycles. The molecule has 1 heterocycles. The number of nitrogens with zero attached hydrogens (tertiary/aromatic N) is 1. The lowest BCUT2D eigenvalue weighted by Crippen LogP contribution is -2.17. The molecule has 0 atom stereocenters. The molecule has 0 saturated carbocycles. The molecule has 0 aliphatic heterocycles. The fourth-order valence-corrected chi connectivity index (χ4v) is 2.54. The molecule has 1 aromatic heterocycles. The molecule has 3 aromatic rings. The van der Waals surface area contributed by atoms with Crippen LogP contribution in [0.15, 0.2) is 66.9 Å². The molecule has 2 amide bonds. The number of carbonyl (C=O) groups excluding carboxylic acids is 2. The van der Waals surface area contributed by atoms with Gasteiger partial charge >= 0.3 is 6.18 Å². The van der Waals surface area contributed by atoms with E-state index in [0.717, 1.165) is 29.8 Å². The maximum atomic E-state index is 12.6. The summed E-state index contributed by atoms with van der Waals surface area (Å²) in [6.07, 6.45) is -3.14. The van der Waals surface area contributed by atoms with Crippen molar-refractivity contribution in [2.75, 3.05) is 10.6 Å². The first-order chi connectivity index (χ1) is 13.7. The first-order valence-corrected chi connectivity index (χ1v) is 8.56. The van der Waals surface area contributed by atoms with Crippen molar-refractivity contribution in [2.24, 2.45) is 0 Å². The van der Waals surface area contributed by atoms with Crippen molar-refractivity contribution in [3.05, 3.63) is 89.2 Å². The van der Waals surface area contributed by atoms with Crippen LogP contribution in [0.2, 0.25) is 0 Å². The average molecular weight is 399 g/mol. The molecule has 0 radical (unpaired) electrons. The van der Waals surface area contributed by atoms with E-state index in [-0.39, 0.29) is 16.9 Å². The summed E-state index contributed by atoms with van der Waals surface area (Å²) in [4.78, 5) is 28.7. The van der Waals surface area contributed by atoms with Gasteiger partial charge in [0.05, 0.1) is 5.56 Å². The molecule has 0 bridgehead atoms. The van der Waals surface area contributed by atoms with Crippen molar-refractivity contribution >= 4 is 23.2 Å². The lowest BCUT2D eigenvalue weighted by Gasteiger charge is -2.10. The van der Waals surface area contributed by atoms with Gasteiger partial charge in [-0.25, -0.2) is 0 Å². The van der Waals surface area contributed by atoms with Gasteiger partial charge in [0, 0.05) is 23.1 Å². The second kappa shape index (κ2) is 8.14. The molecule has 5 nitrogen and oxygen atoms in total. The minimum absolute atomic E-state index is 0.0395. The molecule has 3 rings (SSSR count). The van der Waals surface area contributed by atoms with E-state index in [4.69, 9.17) is 0 Å². The molecule has 2 N–H and O–H groups in total. The third-order valence-electron chi connectivity index (χ3n) is 4.12. The van der Waals surface area contributed by atoms with Crippen molar-refractivity contribution in [3.63, 3.8) is 0 Å². The topological polar surface area (TPSA) is 71.1 Å². The summed E-state index contributed by atoms with van der Waals surface area (Å²) in [7, 11) is 0. The number of nitrogens with one attached hydrogen (secondary N) is 2. The average Bonchev–Trinajstić information content (AvgIpc) is 2.69. The number of anilines is 2. The Labute approximate surface area is 164 Å². The van der Waals surface area contributed by atoms with Crippen LogP contribution >= 0.6 is 0 Å². The Hall–Kier alpha value is -3.68. The van der Waals surface area contributed by atoms with Crippen molar-refractivity contribution in [1.29, 1.82) is 0 Å². The number of amides is 2. The monoisotopic (exact) mass is 399 g/mol. The number of rotatable bonds is 4. The minimum Gasteiger partial charge on any atom is -0.322 e. The van der Waals surface area contributed by atoms with E-state index in [1.54, 1.807) is 12.1 Å². The first kappa shape index (κ1) is 20.1. The third kappa shape index (κ3) is 4.98. The zero-order valence-corrected chi connectivity index (χ0v) is 15.2. The molecule has 0 aliphatic rings. The van der Waals surface area contributed by atoms with Gasteiger partial charge in [-0.3, -0.25) is 14.6 Å². The molecule has 0 saturated heterocycles. The zero-order valence-electron chi connectivity index (χ0n) is 15.2. The largest absolute Gasteiger partial charge is 0.416 e. The molecule has 0 unspecified atom stereocenters. The van der Waals surface area contributed by atoms with Gasteiger partial charge in [-0.15, -0.1) is 0 Å². The van der Waals surface area contributed by atoms with E-state index >= 15 is 0 Å². The van der Waals surface area contributed by atoms with Crippen LogP contribution in [-0.2, 0) is 6.18 Å². The number of benzene rings is 2. The van der Waals surface area contributed by atoms with Crippen LogP contribution in [0.3, 0.4) is 0 Å². The summed E-state index contributed by atoms with van der Waals surface area (Å²) in [5.41, 5.74) is 1.08. The van der Waals surface area contributed by atoms with Crippen LogP contribution in [0, 0.1) is 6.92 Å². The lowest BCUT2D eigenvalue weighted by atomic mass is 10.1. The zero-order chi connectivity index (χ0) is 21.0. The molecule has 0 spiro atoms. The smallest absolute Gasteiger partial charge is 0.322 e. The number of aromatic nitrogens is 1. The molecular formula is C21H16F3N3O2. The van der Waals surface area contributed by atoms with Crippen LogP contribution in [0.25, 0.3) is 0 Å². The van der Waals surface area contributed by atoms with Gasteiger partial charge in [0.1, 0.15) is 5.69 Å². The lowest BCUT2D eigenvalue weighted by molar-refractivity contribution is -0.137.